The van der Waals surface area contributed by atoms with Crippen molar-refractivity contribution in [3.05, 3.63) is 60.3 Å². The lowest BCUT2D eigenvalue weighted by molar-refractivity contribution is -0.165. The van der Waals surface area contributed by atoms with Crippen molar-refractivity contribution in [2.24, 2.45) is 5.73 Å². The Hall–Kier alpha value is -3.63. The Morgan fingerprint density at radius 1 is 1.23 bits per heavy atom. The van der Waals surface area contributed by atoms with Crippen LogP contribution >= 0.6 is 0 Å². The van der Waals surface area contributed by atoms with Crippen molar-refractivity contribution >= 4 is 11.9 Å². The number of hydrogen-bond donors (Lipinski definition) is 3. The summed E-state index contributed by atoms with van der Waals surface area (Å²) in [5.74, 6) is -0.211. The van der Waals surface area contributed by atoms with E-state index in [1.165, 1.54) is 18.3 Å². The van der Waals surface area contributed by atoms with E-state index in [9.17, 15) is 9.18 Å². The monoisotopic (exact) mass is 410 g/mol. The zero-order valence-electron chi connectivity index (χ0n) is 15.9. The van der Waals surface area contributed by atoms with Crippen molar-refractivity contribution in [2.45, 2.75) is 6.29 Å². The summed E-state index contributed by atoms with van der Waals surface area (Å²) in [7, 11) is 0. The van der Waals surface area contributed by atoms with Gasteiger partial charge in [-0.2, -0.15) is 0 Å². The van der Waals surface area contributed by atoms with Gasteiger partial charge in [-0.1, -0.05) is 6.58 Å². The fraction of sp³-hybridized carbons (Fsp3) is 0.200. The van der Waals surface area contributed by atoms with Crippen LogP contribution in [0.4, 0.5) is 10.3 Å². The second-order valence-corrected chi connectivity index (χ2v) is 6.64. The fourth-order valence-corrected chi connectivity index (χ4v) is 2.89. The summed E-state index contributed by atoms with van der Waals surface area (Å²) in [4.78, 5) is 27.3. The SMILES string of the molecule is C=C1COC(c2nc(-c3ccc(F)cc3)c(-c3ccnc(NCC(N)=O)n3)[nH]2)OC1. The van der Waals surface area contributed by atoms with Gasteiger partial charge in [0.1, 0.15) is 5.82 Å². The highest BCUT2D eigenvalue weighted by Gasteiger charge is 2.25. The molecule has 4 rings (SSSR count). The number of anilines is 1. The van der Waals surface area contributed by atoms with Crippen LogP contribution in [0.15, 0.2) is 48.7 Å². The Morgan fingerprint density at radius 3 is 2.67 bits per heavy atom. The molecule has 2 aromatic heterocycles. The summed E-state index contributed by atoms with van der Waals surface area (Å²) in [6.07, 6.45) is 0.843. The quantitative estimate of drug-likeness (QED) is 0.531. The van der Waals surface area contributed by atoms with Crippen molar-refractivity contribution in [3.63, 3.8) is 0 Å². The summed E-state index contributed by atoms with van der Waals surface area (Å²) < 4.78 is 24.7. The van der Waals surface area contributed by atoms with E-state index in [4.69, 9.17) is 15.2 Å². The second kappa shape index (κ2) is 8.39. The van der Waals surface area contributed by atoms with Crippen LogP contribution in [0.5, 0.6) is 0 Å². The van der Waals surface area contributed by atoms with Gasteiger partial charge in [-0.05, 0) is 35.9 Å². The van der Waals surface area contributed by atoms with Gasteiger partial charge in [-0.3, -0.25) is 4.79 Å². The number of rotatable bonds is 6. The Labute approximate surface area is 171 Å². The van der Waals surface area contributed by atoms with E-state index < -0.39 is 12.2 Å². The van der Waals surface area contributed by atoms with Crippen LogP contribution in [0.3, 0.4) is 0 Å². The molecule has 0 aliphatic carbocycles. The minimum absolute atomic E-state index is 0.101. The number of imidazole rings is 1. The fourth-order valence-electron chi connectivity index (χ4n) is 2.89. The highest BCUT2D eigenvalue weighted by Crippen LogP contribution is 2.33. The molecule has 1 aromatic carbocycles. The van der Waals surface area contributed by atoms with E-state index in [-0.39, 0.29) is 18.3 Å². The number of nitrogens with zero attached hydrogens (tertiary/aromatic N) is 3. The lowest BCUT2D eigenvalue weighted by Gasteiger charge is -2.22. The van der Waals surface area contributed by atoms with Crippen molar-refractivity contribution in [1.82, 2.24) is 19.9 Å². The number of nitrogens with one attached hydrogen (secondary N) is 2. The molecular formula is C20H19FN6O3. The number of H-pyrrole nitrogens is 1. The highest BCUT2D eigenvalue weighted by molar-refractivity contribution is 5.79. The maximum atomic E-state index is 13.4. The standard InChI is InChI=1S/C20H19FN6O3/c1-11-9-29-19(30-10-11)18-26-16(12-2-4-13(21)5-3-12)17(27-18)14-6-7-23-20(25-14)24-8-15(22)28/h2-7,19H,1,8-10H2,(H2,22,28)(H,26,27)(H,23,24,25). The lowest BCUT2D eigenvalue weighted by Crippen LogP contribution is -2.22. The maximum Gasteiger partial charge on any atom is 0.236 e. The molecule has 1 aliphatic rings. The molecule has 1 fully saturated rings. The van der Waals surface area contributed by atoms with Crippen LogP contribution in [0, 0.1) is 5.82 Å². The van der Waals surface area contributed by atoms with Gasteiger partial charge in [-0.25, -0.2) is 19.3 Å². The van der Waals surface area contributed by atoms with E-state index in [0.717, 1.165) is 5.57 Å². The first kappa shape index (κ1) is 19.7. The predicted octanol–water partition coefficient (Wildman–Crippen LogP) is 2.17. The van der Waals surface area contributed by atoms with Gasteiger partial charge < -0.3 is 25.5 Å². The van der Waals surface area contributed by atoms with E-state index in [1.807, 2.05) is 0 Å². The normalized spacial score (nSPS) is 14.6. The van der Waals surface area contributed by atoms with Crippen LogP contribution in [-0.2, 0) is 14.3 Å². The molecule has 3 aromatic rings. The summed E-state index contributed by atoms with van der Waals surface area (Å²) in [6.45, 7) is 4.46. The molecule has 0 unspecified atom stereocenters. The van der Waals surface area contributed by atoms with Gasteiger partial charge in [-0.15, -0.1) is 0 Å². The van der Waals surface area contributed by atoms with E-state index in [1.54, 1.807) is 18.2 Å². The zero-order chi connectivity index (χ0) is 21.1. The Kier molecular flexibility index (Phi) is 5.50. The van der Waals surface area contributed by atoms with Gasteiger partial charge in [0.25, 0.3) is 0 Å². The molecule has 10 heteroatoms. The number of hydrogen-bond acceptors (Lipinski definition) is 7. The van der Waals surface area contributed by atoms with Crippen LogP contribution in [0.25, 0.3) is 22.6 Å². The maximum absolute atomic E-state index is 13.4. The van der Waals surface area contributed by atoms with Crippen LogP contribution < -0.4 is 11.1 Å². The molecule has 1 saturated heterocycles. The van der Waals surface area contributed by atoms with Gasteiger partial charge in [0, 0.05) is 11.8 Å². The molecule has 30 heavy (non-hydrogen) atoms. The number of amides is 1. The first-order chi connectivity index (χ1) is 14.5. The van der Waals surface area contributed by atoms with Gasteiger partial charge in [0.05, 0.1) is 36.8 Å². The number of nitrogens with two attached hydrogens (primary N) is 1. The first-order valence-corrected chi connectivity index (χ1v) is 9.11. The molecule has 0 atom stereocenters. The smallest absolute Gasteiger partial charge is 0.236 e. The molecule has 0 spiro atoms. The average Bonchev–Trinajstić information content (AvgIpc) is 3.19. The van der Waals surface area contributed by atoms with Crippen LogP contribution in [0.1, 0.15) is 12.1 Å². The number of halogens is 1. The molecule has 0 bridgehead atoms. The van der Waals surface area contributed by atoms with Gasteiger partial charge >= 0.3 is 0 Å². The summed E-state index contributed by atoms with van der Waals surface area (Å²) in [6, 6.07) is 7.63. The van der Waals surface area contributed by atoms with E-state index >= 15 is 0 Å². The van der Waals surface area contributed by atoms with Crippen molar-refractivity contribution < 1.29 is 18.7 Å². The van der Waals surface area contributed by atoms with Gasteiger partial charge in [0.2, 0.25) is 18.1 Å². The second-order valence-electron chi connectivity index (χ2n) is 6.64. The first-order valence-electron chi connectivity index (χ1n) is 9.11. The number of carbonyl (C=O) groups excluding carboxylic acids is 1. The molecular weight excluding hydrogens is 391 g/mol. The van der Waals surface area contributed by atoms with Crippen molar-refractivity contribution in [2.75, 3.05) is 25.1 Å². The molecule has 0 radical (unpaired) electrons. The zero-order valence-corrected chi connectivity index (χ0v) is 15.9. The van der Waals surface area contributed by atoms with Crippen LogP contribution in [-0.4, -0.2) is 45.6 Å². The Balaban J connectivity index is 1.73. The Morgan fingerprint density at radius 2 is 1.97 bits per heavy atom. The minimum atomic E-state index is -0.697. The van der Waals surface area contributed by atoms with Crippen LogP contribution in [0.2, 0.25) is 0 Å². The lowest BCUT2D eigenvalue weighted by atomic mass is 10.1. The molecule has 4 N–H and O–H groups in total. The number of primary amides is 1. The Bertz CT molecular complexity index is 1070. The molecule has 9 nitrogen and oxygen atoms in total. The molecule has 154 valence electrons. The van der Waals surface area contributed by atoms with Crippen molar-refractivity contribution in [3.8, 4) is 22.6 Å². The van der Waals surface area contributed by atoms with Gasteiger partial charge in [0.15, 0.2) is 5.82 Å². The molecule has 1 aliphatic heterocycles. The molecule has 1 amide bonds. The number of aromatic nitrogens is 4. The summed E-state index contributed by atoms with van der Waals surface area (Å²) in [5, 5.41) is 2.76. The van der Waals surface area contributed by atoms with E-state index in [2.05, 4.69) is 31.8 Å². The minimum Gasteiger partial charge on any atom is -0.368 e. The number of benzene rings is 1. The number of aromatic amines is 1. The average molecular weight is 410 g/mol. The highest BCUT2D eigenvalue weighted by atomic mass is 19.1. The van der Waals surface area contributed by atoms with Crippen molar-refractivity contribution in [1.29, 1.82) is 0 Å². The third-order valence-corrected chi connectivity index (χ3v) is 4.27. The third kappa shape index (κ3) is 4.34. The third-order valence-electron chi connectivity index (χ3n) is 4.27. The predicted molar refractivity (Wildman–Crippen MR) is 106 cm³/mol. The molecule has 0 saturated carbocycles. The van der Waals surface area contributed by atoms with E-state index in [0.29, 0.717) is 41.7 Å². The number of carbonyl (C=O) groups is 1. The summed E-state index contributed by atoms with van der Waals surface area (Å²) in [5.41, 5.74) is 8.29. The summed E-state index contributed by atoms with van der Waals surface area (Å²) >= 11 is 0. The number of ether oxygens (including phenoxy) is 2. The topological polar surface area (TPSA) is 128 Å². The largest absolute Gasteiger partial charge is 0.368 e. The molecule has 3 heterocycles.